The van der Waals surface area contributed by atoms with Crippen molar-refractivity contribution in [3.05, 3.63) is 29.8 Å². The molecule has 1 saturated heterocycles. The number of benzene rings is 1. The number of halogens is 1. The maximum Gasteiger partial charge on any atom is 0.248 e. The average Bonchev–Trinajstić information content (AvgIpc) is 2.91. The van der Waals surface area contributed by atoms with E-state index in [2.05, 4.69) is 10.6 Å². The van der Waals surface area contributed by atoms with Gasteiger partial charge in [0.25, 0.3) is 0 Å². The topological polar surface area (TPSA) is 114 Å². The highest BCUT2D eigenvalue weighted by Gasteiger charge is 2.24. The fraction of sp³-hybridized carbons (Fsp3) is 0.467. The second-order valence-corrected chi connectivity index (χ2v) is 5.28. The van der Waals surface area contributed by atoms with Crippen molar-refractivity contribution < 1.29 is 19.4 Å². The Hall–Kier alpha value is -1.83. The number of carbonyl (C=O) groups excluding carboxylic acids is 2. The molecule has 2 amide bonds. The van der Waals surface area contributed by atoms with Crippen LogP contribution in [0.2, 0.25) is 0 Å². The molecule has 0 aliphatic carbocycles. The van der Waals surface area contributed by atoms with Crippen LogP contribution in [-0.2, 0) is 4.79 Å². The standard InChI is InChI=1S/C15H21N3O4.ClH/c16-15(21)10-1-3-12(4-2-10)22-6-5-14(20)18-8-11-7-17-9-13(11)19;/h1-4,11,13,17,19H,5-9H2,(H2,16,21)(H,18,20);1H. The highest BCUT2D eigenvalue weighted by Crippen LogP contribution is 2.12. The van der Waals surface area contributed by atoms with Gasteiger partial charge in [0.15, 0.2) is 0 Å². The fourth-order valence-electron chi connectivity index (χ4n) is 2.24. The number of nitrogens with two attached hydrogens (primary N) is 1. The van der Waals surface area contributed by atoms with Crippen LogP contribution in [-0.4, -0.2) is 49.3 Å². The SMILES string of the molecule is Cl.NC(=O)c1ccc(OCCC(=O)NCC2CNCC2O)cc1. The lowest BCUT2D eigenvalue weighted by molar-refractivity contribution is -0.121. The maximum absolute atomic E-state index is 11.7. The zero-order valence-corrected chi connectivity index (χ0v) is 13.5. The molecular weight excluding hydrogens is 322 g/mol. The largest absolute Gasteiger partial charge is 0.493 e. The van der Waals surface area contributed by atoms with Gasteiger partial charge in [-0.15, -0.1) is 12.4 Å². The predicted octanol–water partition coefficient (Wildman–Crippen LogP) is -0.327. The van der Waals surface area contributed by atoms with Crippen LogP contribution in [0.1, 0.15) is 16.8 Å². The minimum absolute atomic E-state index is 0. The number of aliphatic hydroxyl groups excluding tert-OH is 1. The maximum atomic E-state index is 11.7. The third-order valence-electron chi connectivity index (χ3n) is 3.60. The molecule has 128 valence electrons. The summed E-state index contributed by atoms with van der Waals surface area (Å²) in [5.74, 6) is 0.0294. The van der Waals surface area contributed by atoms with E-state index in [0.29, 0.717) is 30.9 Å². The molecule has 0 bridgehead atoms. The Labute approximate surface area is 141 Å². The molecule has 1 aromatic carbocycles. The van der Waals surface area contributed by atoms with E-state index in [4.69, 9.17) is 10.5 Å². The molecule has 0 radical (unpaired) electrons. The molecule has 0 saturated carbocycles. The highest BCUT2D eigenvalue weighted by atomic mass is 35.5. The van der Waals surface area contributed by atoms with Gasteiger partial charge >= 0.3 is 0 Å². The summed E-state index contributed by atoms with van der Waals surface area (Å²) in [5.41, 5.74) is 5.55. The first-order valence-electron chi connectivity index (χ1n) is 7.24. The Bertz CT molecular complexity index is 524. The van der Waals surface area contributed by atoms with Gasteiger partial charge in [-0.3, -0.25) is 9.59 Å². The van der Waals surface area contributed by atoms with Crippen molar-refractivity contribution in [2.75, 3.05) is 26.2 Å². The molecule has 2 rings (SSSR count). The van der Waals surface area contributed by atoms with Gasteiger partial charge in [0.05, 0.1) is 19.1 Å². The van der Waals surface area contributed by atoms with E-state index >= 15 is 0 Å². The summed E-state index contributed by atoms with van der Waals surface area (Å²) < 4.78 is 5.43. The number of amides is 2. The smallest absolute Gasteiger partial charge is 0.248 e. The fourth-order valence-corrected chi connectivity index (χ4v) is 2.24. The summed E-state index contributed by atoms with van der Waals surface area (Å²) in [5, 5.41) is 15.5. The van der Waals surface area contributed by atoms with Gasteiger partial charge in [-0.2, -0.15) is 0 Å². The van der Waals surface area contributed by atoms with E-state index in [1.54, 1.807) is 24.3 Å². The molecule has 7 nitrogen and oxygen atoms in total. The van der Waals surface area contributed by atoms with Gasteiger partial charge in [-0.05, 0) is 24.3 Å². The molecule has 1 aliphatic rings. The van der Waals surface area contributed by atoms with Gasteiger partial charge < -0.3 is 26.2 Å². The second-order valence-electron chi connectivity index (χ2n) is 5.28. The van der Waals surface area contributed by atoms with Gasteiger partial charge in [0.1, 0.15) is 5.75 Å². The van der Waals surface area contributed by atoms with Crippen LogP contribution in [0.5, 0.6) is 5.75 Å². The monoisotopic (exact) mass is 343 g/mol. The first-order valence-corrected chi connectivity index (χ1v) is 7.24. The lowest BCUT2D eigenvalue weighted by atomic mass is 10.1. The summed E-state index contributed by atoms with van der Waals surface area (Å²) >= 11 is 0. The van der Waals surface area contributed by atoms with Crippen molar-refractivity contribution in [1.82, 2.24) is 10.6 Å². The van der Waals surface area contributed by atoms with E-state index in [1.807, 2.05) is 0 Å². The van der Waals surface area contributed by atoms with Crippen molar-refractivity contribution in [2.24, 2.45) is 11.7 Å². The van der Waals surface area contributed by atoms with Crippen LogP contribution in [0.3, 0.4) is 0 Å². The Morgan fingerprint density at radius 3 is 2.57 bits per heavy atom. The number of nitrogens with one attached hydrogen (secondary N) is 2. The lowest BCUT2D eigenvalue weighted by Gasteiger charge is -2.14. The number of ether oxygens (including phenoxy) is 1. The summed E-state index contributed by atoms with van der Waals surface area (Å²) in [4.78, 5) is 22.6. The normalized spacial score (nSPS) is 19.7. The van der Waals surface area contributed by atoms with Crippen molar-refractivity contribution >= 4 is 24.2 Å². The highest BCUT2D eigenvalue weighted by molar-refractivity contribution is 5.92. The van der Waals surface area contributed by atoms with Crippen LogP contribution in [0.15, 0.2) is 24.3 Å². The van der Waals surface area contributed by atoms with Gasteiger partial charge in [0, 0.05) is 31.1 Å². The first kappa shape index (κ1) is 19.2. The van der Waals surface area contributed by atoms with E-state index in [0.717, 1.165) is 0 Å². The van der Waals surface area contributed by atoms with Crippen molar-refractivity contribution in [3.63, 3.8) is 0 Å². The van der Waals surface area contributed by atoms with Crippen LogP contribution in [0.25, 0.3) is 0 Å². The van der Waals surface area contributed by atoms with E-state index < -0.39 is 12.0 Å². The van der Waals surface area contributed by atoms with Crippen molar-refractivity contribution in [2.45, 2.75) is 12.5 Å². The predicted molar refractivity (Wildman–Crippen MR) is 87.7 cm³/mol. The van der Waals surface area contributed by atoms with Crippen molar-refractivity contribution in [1.29, 1.82) is 0 Å². The number of hydrogen-bond donors (Lipinski definition) is 4. The van der Waals surface area contributed by atoms with Crippen LogP contribution >= 0.6 is 12.4 Å². The Morgan fingerprint density at radius 1 is 1.30 bits per heavy atom. The average molecular weight is 344 g/mol. The molecule has 23 heavy (non-hydrogen) atoms. The van der Waals surface area contributed by atoms with E-state index in [-0.39, 0.29) is 37.3 Å². The number of hydrogen-bond acceptors (Lipinski definition) is 5. The zero-order valence-electron chi connectivity index (χ0n) is 12.7. The zero-order chi connectivity index (χ0) is 15.9. The van der Waals surface area contributed by atoms with Crippen LogP contribution in [0, 0.1) is 5.92 Å². The van der Waals surface area contributed by atoms with E-state index in [1.165, 1.54) is 0 Å². The lowest BCUT2D eigenvalue weighted by Crippen LogP contribution is -2.34. The quantitative estimate of drug-likeness (QED) is 0.541. The summed E-state index contributed by atoms with van der Waals surface area (Å²) in [7, 11) is 0. The van der Waals surface area contributed by atoms with Crippen LogP contribution < -0.4 is 21.1 Å². The Morgan fingerprint density at radius 2 is 2.00 bits per heavy atom. The summed E-state index contributed by atoms with van der Waals surface area (Å²) in [6.07, 6.45) is -0.173. The third kappa shape index (κ3) is 6.05. The molecule has 1 aliphatic heterocycles. The minimum atomic E-state index is -0.491. The second kappa shape index (κ2) is 9.34. The molecular formula is C15H22ClN3O4. The molecule has 1 heterocycles. The Balaban J connectivity index is 0.00000264. The molecule has 1 aromatic rings. The molecule has 0 spiro atoms. The van der Waals surface area contributed by atoms with Gasteiger partial charge in [-0.1, -0.05) is 0 Å². The molecule has 8 heteroatoms. The third-order valence-corrected chi connectivity index (χ3v) is 3.60. The van der Waals surface area contributed by atoms with E-state index in [9.17, 15) is 14.7 Å². The Kier molecular flexibility index (Phi) is 7.80. The molecule has 0 aromatic heterocycles. The minimum Gasteiger partial charge on any atom is -0.493 e. The van der Waals surface area contributed by atoms with Gasteiger partial charge in [0.2, 0.25) is 11.8 Å². The molecule has 5 N–H and O–H groups in total. The first-order chi connectivity index (χ1) is 10.6. The number of aliphatic hydroxyl groups is 1. The molecule has 2 unspecified atom stereocenters. The summed E-state index contributed by atoms with van der Waals surface area (Å²) in [6, 6.07) is 6.43. The van der Waals surface area contributed by atoms with Gasteiger partial charge in [-0.25, -0.2) is 0 Å². The number of carbonyl (C=O) groups is 2. The van der Waals surface area contributed by atoms with Crippen molar-refractivity contribution in [3.8, 4) is 5.75 Å². The number of β-amino-alcohol motifs (C(OH)–C–C–N with tert-alkyl or cyclic N) is 1. The molecule has 1 fully saturated rings. The molecule has 2 atom stereocenters. The van der Waals surface area contributed by atoms with Crippen LogP contribution in [0.4, 0.5) is 0 Å². The number of rotatable bonds is 7. The number of primary amides is 1. The summed E-state index contributed by atoms with van der Waals surface area (Å²) in [6.45, 7) is 1.99.